The van der Waals surface area contributed by atoms with Crippen molar-refractivity contribution in [1.29, 1.82) is 0 Å². The van der Waals surface area contributed by atoms with E-state index < -0.39 is 0 Å². The summed E-state index contributed by atoms with van der Waals surface area (Å²) in [6, 6.07) is 6.85. The van der Waals surface area contributed by atoms with Crippen LogP contribution in [0.15, 0.2) is 29.4 Å². The molecule has 2 aliphatic rings. The Kier molecular flexibility index (Phi) is 3.36. The highest BCUT2D eigenvalue weighted by atomic mass is 35.5. The first-order valence-electron chi connectivity index (χ1n) is 7.47. The van der Waals surface area contributed by atoms with Gasteiger partial charge in [0.2, 0.25) is 0 Å². The third-order valence-corrected chi connectivity index (χ3v) is 6.16. The number of hydrazone groups is 1. The highest BCUT2D eigenvalue weighted by Gasteiger charge is 2.59. The lowest BCUT2D eigenvalue weighted by Gasteiger charge is -2.34. The van der Waals surface area contributed by atoms with Gasteiger partial charge in [0, 0.05) is 21.7 Å². The molecule has 112 valence electrons. The number of rotatable bonds is 2. The van der Waals surface area contributed by atoms with Gasteiger partial charge in [-0.2, -0.15) is 5.10 Å². The summed E-state index contributed by atoms with van der Waals surface area (Å²) in [4.78, 5) is 12.1. The molecule has 4 heteroatoms. The van der Waals surface area contributed by atoms with Crippen LogP contribution >= 0.6 is 11.6 Å². The van der Waals surface area contributed by atoms with Crippen LogP contribution in [0, 0.1) is 16.7 Å². The van der Waals surface area contributed by atoms with Crippen LogP contribution in [0.5, 0.6) is 0 Å². The van der Waals surface area contributed by atoms with Gasteiger partial charge in [0.1, 0.15) is 0 Å². The molecule has 2 saturated carbocycles. The van der Waals surface area contributed by atoms with E-state index in [9.17, 15) is 4.79 Å². The fourth-order valence-electron chi connectivity index (χ4n) is 3.88. The maximum absolute atomic E-state index is 12.1. The summed E-state index contributed by atoms with van der Waals surface area (Å²) in [5.41, 5.74) is 4.83. The predicted molar refractivity (Wildman–Crippen MR) is 85.6 cm³/mol. The van der Waals surface area contributed by atoms with E-state index in [-0.39, 0.29) is 16.7 Å². The Bertz CT molecular complexity index is 606. The maximum atomic E-state index is 12.1. The second kappa shape index (κ2) is 4.84. The van der Waals surface area contributed by atoms with Gasteiger partial charge in [-0.1, -0.05) is 32.4 Å². The number of nitrogens with zero attached hydrogens (tertiary/aromatic N) is 1. The summed E-state index contributed by atoms with van der Waals surface area (Å²) in [6.07, 6.45) is 3.44. The van der Waals surface area contributed by atoms with Crippen molar-refractivity contribution in [3.8, 4) is 0 Å². The molecule has 1 aromatic rings. The molecule has 0 aromatic heterocycles. The van der Waals surface area contributed by atoms with Crippen molar-refractivity contribution in [1.82, 2.24) is 5.43 Å². The number of benzene rings is 1. The average Bonchev–Trinajstić information content (AvgIpc) is 2.78. The van der Waals surface area contributed by atoms with Gasteiger partial charge in [0.15, 0.2) is 0 Å². The zero-order valence-corrected chi connectivity index (χ0v) is 13.5. The van der Waals surface area contributed by atoms with E-state index in [2.05, 4.69) is 31.3 Å². The Morgan fingerprint density at radius 2 is 1.95 bits per heavy atom. The first-order valence-corrected chi connectivity index (χ1v) is 7.85. The third kappa shape index (κ3) is 2.18. The van der Waals surface area contributed by atoms with Crippen molar-refractivity contribution in [2.24, 2.45) is 21.8 Å². The van der Waals surface area contributed by atoms with Crippen LogP contribution in [-0.4, -0.2) is 11.6 Å². The van der Waals surface area contributed by atoms with Gasteiger partial charge in [-0.3, -0.25) is 4.79 Å². The molecule has 3 rings (SSSR count). The molecule has 2 bridgehead atoms. The number of nitrogens with one attached hydrogen (secondary N) is 1. The summed E-state index contributed by atoms with van der Waals surface area (Å²) in [7, 11) is 0. The van der Waals surface area contributed by atoms with Crippen LogP contribution in [-0.2, 0) is 0 Å². The van der Waals surface area contributed by atoms with Crippen molar-refractivity contribution < 1.29 is 4.79 Å². The molecule has 21 heavy (non-hydrogen) atoms. The smallest absolute Gasteiger partial charge is 0.267 e. The van der Waals surface area contributed by atoms with Gasteiger partial charge in [-0.05, 0) is 54.9 Å². The van der Waals surface area contributed by atoms with Crippen molar-refractivity contribution in [3.05, 3.63) is 34.9 Å². The molecule has 2 aliphatic carbocycles. The Labute approximate surface area is 130 Å². The number of amides is 1. The minimum absolute atomic E-state index is 0.116. The molecular weight excluding hydrogens is 284 g/mol. The number of hydrogen-bond acceptors (Lipinski definition) is 2. The predicted octanol–water partition coefficient (Wildman–Crippen LogP) is 4.27. The van der Waals surface area contributed by atoms with E-state index in [0.29, 0.717) is 16.5 Å². The number of carbonyl (C=O) groups is 1. The van der Waals surface area contributed by atoms with Crippen LogP contribution in [0.25, 0.3) is 0 Å². The molecule has 1 aromatic carbocycles. The van der Waals surface area contributed by atoms with Gasteiger partial charge in [-0.15, -0.1) is 0 Å². The SMILES string of the molecule is CC1(C)C2CC[C@]1(C)/C(=N/NC(=O)c1ccc(Cl)cc1)C2. The Balaban J connectivity index is 1.76. The number of fused-ring (bicyclic) bond motifs is 2. The molecule has 0 radical (unpaired) electrons. The van der Waals surface area contributed by atoms with Crippen molar-refractivity contribution in [3.63, 3.8) is 0 Å². The van der Waals surface area contributed by atoms with Crippen LogP contribution in [0.3, 0.4) is 0 Å². The van der Waals surface area contributed by atoms with Crippen molar-refractivity contribution >= 4 is 23.2 Å². The van der Waals surface area contributed by atoms with Crippen molar-refractivity contribution in [2.45, 2.75) is 40.0 Å². The van der Waals surface area contributed by atoms with E-state index in [1.54, 1.807) is 24.3 Å². The topological polar surface area (TPSA) is 41.5 Å². The average molecular weight is 305 g/mol. The first-order chi connectivity index (χ1) is 9.84. The third-order valence-electron chi connectivity index (χ3n) is 5.91. The number of carbonyl (C=O) groups excluding carboxylic acids is 1. The highest BCUT2D eigenvalue weighted by Crippen LogP contribution is 2.63. The molecule has 0 aliphatic heterocycles. The molecule has 2 atom stereocenters. The molecule has 3 nitrogen and oxygen atoms in total. The minimum Gasteiger partial charge on any atom is -0.267 e. The molecular formula is C17H21ClN2O. The highest BCUT2D eigenvalue weighted by molar-refractivity contribution is 6.30. The van der Waals surface area contributed by atoms with Crippen molar-refractivity contribution in [2.75, 3.05) is 0 Å². The Morgan fingerprint density at radius 3 is 2.48 bits per heavy atom. The zero-order chi connectivity index (χ0) is 15.3. The monoisotopic (exact) mass is 304 g/mol. The fraction of sp³-hybridized carbons (Fsp3) is 0.529. The van der Waals surface area contributed by atoms with Gasteiger partial charge >= 0.3 is 0 Å². The zero-order valence-electron chi connectivity index (χ0n) is 12.7. The molecule has 2 fully saturated rings. The van der Waals surface area contributed by atoms with E-state index in [4.69, 9.17) is 11.6 Å². The summed E-state index contributed by atoms with van der Waals surface area (Å²) in [5.74, 6) is 0.511. The second-order valence-electron chi connectivity index (χ2n) is 7.00. The van der Waals surface area contributed by atoms with Crippen LogP contribution in [0.2, 0.25) is 5.02 Å². The van der Waals surface area contributed by atoms with Crippen LogP contribution < -0.4 is 5.43 Å². The largest absolute Gasteiger partial charge is 0.271 e. The second-order valence-corrected chi connectivity index (χ2v) is 7.44. The lowest BCUT2D eigenvalue weighted by atomic mass is 9.70. The number of halogens is 1. The molecule has 0 heterocycles. The molecule has 0 saturated heterocycles. The molecule has 1 unspecified atom stereocenters. The minimum atomic E-state index is -0.177. The van der Waals surface area contributed by atoms with Gasteiger partial charge in [-0.25, -0.2) is 5.43 Å². The van der Waals surface area contributed by atoms with Crippen LogP contribution in [0.4, 0.5) is 0 Å². The molecule has 0 spiro atoms. The van der Waals surface area contributed by atoms with Crippen LogP contribution in [0.1, 0.15) is 50.4 Å². The lowest BCUT2D eigenvalue weighted by molar-refractivity contribution is 0.0954. The molecule has 1 amide bonds. The van der Waals surface area contributed by atoms with E-state index in [1.807, 2.05) is 0 Å². The Morgan fingerprint density at radius 1 is 1.29 bits per heavy atom. The maximum Gasteiger partial charge on any atom is 0.271 e. The molecule has 1 N–H and O–H groups in total. The van der Waals surface area contributed by atoms with Gasteiger partial charge in [0.05, 0.1) is 0 Å². The Hall–Kier alpha value is -1.35. The summed E-state index contributed by atoms with van der Waals surface area (Å²) < 4.78 is 0. The normalized spacial score (nSPS) is 31.6. The van der Waals surface area contributed by atoms with Gasteiger partial charge < -0.3 is 0 Å². The quantitative estimate of drug-likeness (QED) is 0.814. The summed E-state index contributed by atoms with van der Waals surface area (Å²) in [5, 5.41) is 5.08. The van der Waals surface area contributed by atoms with Gasteiger partial charge in [0.25, 0.3) is 5.91 Å². The van der Waals surface area contributed by atoms with E-state index in [0.717, 1.165) is 12.1 Å². The standard InChI is InChI=1S/C17H21ClN2O/c1-16(2)12-8-9-17(16,3)14(10-12)19-20-15(21)11-4-6-13(18)7-5-11/h4-7,12H,8-10H2,1-3H3,(H,20,21)/b19-14+/t12?,17-/m1/s1. The number of hydrogen-bond donors (Lipinski definition) is 1. The fourth-order valence-corrected chi connectivity index (χ4v) is 4.01. The first kappa shape index (κ1) is 14.6. The summed E-state index contributed by atoms with van der Waals surface area (Å²) in [6.45, 7) is 6.94. The van der Waals surface area contributed by atoms with E-state index in [1.165, 1.54) is 12.8 Å². The van der Waals surface area contributed by atoms with E-state index >= 15 is 0 Å². The lowest BCUT2D eigenvalue weighted by Crippen LogP contribution is -2.34. The summed E-state index contributed by atoms with van der Waals surface area (Å²) >= 11 is 5.83.